The van der Waals surface area contributed by atoms with E-state index >= 15 is 0 Å². The second-order valence-electron chi connectivity index (χ2n) is 4.59. The maximum atomic E-state index is 5.63. The van der Waals surface area contributed by atoms with Gasteiger partial charge in [-0.2, -0.15) is 0 Å². The molecule has 2 atom stereocenters. The molecule has 14 heavy (non-hydrogen) atoms. The molecular weight excluding hydrogens is 176 g/mol. The van der Waals surface area contributed by atoms with Crippen LogP contribution in [0.4, 0.5) is 0 Å². The van der Waals surface area contributed by atoms with E-state index in [1.165, 1.54) is 12.8 Å². The van der Waals surface area contributed by atoms with Crippen molar-refractivity contribution in [3.05, 3.63) is 0 Å². The fraction of sp³-hybridized carbons (Fsp3) is 1.00. The minimum atomic E-state index is 0.0260. The molecule has 0 amide bonds. The summed E-state index contributed by atoms with van der Waals surface area (Å²) in [6.45, 7) is 4.49. The molecule has 3 nitrogen and oxygen atoms in total. The van der Waals surface area contributed by atoms with Crippen LogP contribution in [0.1, 0.15) is 46.0 Å². The predicted molar refractivity (Wildman–Crippen MR) is 58.8 cm³/mol. The zero-order valence-electron chi connectivity index (χ0n) is 9.68. The number of rotatable bonds is 6. The predicted octanol–water partition coefficient (Wildman–Crippen LogP) is 1.82. The van der Waals surface area contributed by atoms with Crippen LogP contribution < -0.4 is 11.3 Å². The summed E-state index contributed by atoms with van der Waals surface area (Å²) in [7, 11) is 1.81. The number of ether oxygens (including phenoxy) is 1. The van der Waals surface area contributed by atoms with Crippen molar-refractivity contribution in [2.24, 2.45) is 11.8 Å². The summed E-state index contributed by atoms with van der Waals surface area (Å²) < 4.78 is 5.63. The first-order chi connectivity index (χ1) is 6.68. The maximum absolute atomic E-state index is 5.63. The van der Waals surface area contributed by atoms with Gasteiger partial charge in [0.1, 0.15) is 0 Å². The average molecular weight is 200 g/mol. The van der Waals surface area contributed by atoms with Crippen molar-refractivity contribution in [3.63, 3.8) is 0 Å². The molecule has 2 unspecified atom stereocenters. The number of nitrogens with two attached hydrogens (primary N) is 1. The summed E-state index contributed by atoms with van der Waals surface area (Å²) in [4.78, 5) is 0. The van der Waals surface area contributed by atoms with Crippen LogP contribution in [0.2, 0.25) is 0 Å². The van der Waals surface area contributed by atoms with Gasteiger partial charge in [0.15, 0.2) is 0 Å². The molecule has 3 N–H and O–H groups in total. The fourth-order valence-corrected chi connectivity index (χ4v) is 2.22. The van der Waals surface area contributed by atoms with Crippen LogP contribution in [0.25, 0.3) is 0 Å². The van der Waals surface area contributed by atoms with Gasteiger partial charge in [-0.3, -0.25) is 11.3 Å². The minimum Gasteiger partial charge on any atom is -0.377 e. The van der Waals surface area contributed by atoms with Crippen LogP contribution in [0.5, 0.6) is 0 Å². The lowest BCUT2D eigenvalue weighted by Gasteiger charge is -2.47. The molecule has 0 saturated heterocycles. The van der Waals surface area contributed by atoms with Crippen molar-refractivity contribution < 1.29 is 4.74 Å². The van der Waals surface area contributed by atoms with E-state index in [9.17, 15) is 0 Å². The highest BCUT2D eigenvalue weighted by Gasteiger charge is 2.44. The van der Waals surface area contributed by atoms with Gasteiger partial charge in [-0.05, 0) is 31.6 Å². The van der Waals surface area contributed by atoms with Gasteiger partial charge in [0.25, 0.3) is 0 Å². The van der Waals surface area contributed by atoms with Crippen molar-refractivity contribution in [3.8, 4) is 0 Å². The number of methoxy groups -OCH3 is 1. The smallest absolute Gasteiger partial charge is 0.0844 e. The molecule has 0 aromatic carbocycles. The van der Waals surface area contributed by atoms with Gasteiger partial charge >= 0.3 is 0 Å². The standard InChI is InChI=1S/C11H24N2O/c1-4-9(2)8-10(13-12)11(14-3)6-5-7-11/h9-10,13H,4-8,12H2,1-3H3. The van der Waals surface area contributed by atoms with Gasteiger partial charge in [-0.25, -0.2) is 0 Å². The van der Waals surface area contributed by atoms with Crippen LogP contribution in [-0.2, 0) is 4.74 Å². The zero-order chi connectivity index (χ0) is 10.6. The largest absolute Gasteiger partial charge is 0.377 e. The molecule has 3 heteroatoms. The Morgan fingerprint density at radius 3 is 2.43 bits per heavy atom. The SMILES string of the molecule is CCC(C)CC(NN)C1(OC)CCC1. The molecule has 0 radical (unpaired) electrons. The van der Waals surface area contributed by atoms with Gasteiger partial charge in [-0.1, -0.05) is 20.3 Å². The Hall–Kier alpha value is -0.120. The van der Waals surface area contributed by atoms with Gasteiger partial charge in [0.2, 0.25) is 0 Å². The summed E-state index contributed by atoms with van der Waals surface area (Å²) in [6, 6.07) is 0.316. The Bertz CT molecular complexity index is 163. The third-order valence-corrected chi connectivity index (χ3v) is 3.78. The van der Waals surface area contributed by atoms with E-state index in [-0.39, 0.29) is 5.60 Å². The van der Waals surface area contributed by atoms with E-state index in [4.69, 9.17) is 10.6 Å². The molecule has 0 aromatic heterocycles. The Morgan fingerprint density at radius 2 is 2.14 bits per heavy atom. The number of hydrogen-bond acceptors (Lipinski definition) is 3. The molecule has 1 fully saturated rings. The van der Waals surface area contributed by atoms with Crippen molar-refractivity contribution in [2.45, 2.75) is 57.6 Å². The lowest BCUT2D eigenvalue weighted by atomic mass is 9.72. The Labute approximate surface area is 87.4 Å². The molecule has 1 aliphatic carbocycles. The number of nitrogens with one attached hydrogen (secondary N) is 1. The quantitative estimate of drug-likeness (QED) is 0.508. The molecule has 1 aliphatic rings. The highest BCUT2D eigenvalue weighted by atomic mass is 16.5. The van der Waals surface area contributed by atoms with Crippen molar-refractivity contribution in [1.82, 2.24) is 5.43 Å². The molecular formula is C11H24N2O. The average Bonchev–Trinajstić information content (AvgIpc) is 2.15. The van der Waals surface area contributed by atoms with Crippen LogP contribution in [0.15, 0.2) is 0 Å². The normalized spacial score (nSPS) is 24.0. The highest BCUT2D eigenvalue weighted by Crippen LogP contribution is 2.39. The minimum absolute atomic E-state index is 0.0260. The third kappa shape index (κ3) is 2.27. The van der Waals surface area contributed by atoms with E-state index in [1.54, 1.807) is 7.11 Å². The molecule has 0 heterocycles. The first-order valence-electron chi connectivity index (χ1n) is 5.69. The second-order valence-corrected chi connectivity index (χ2v) is 4.59. The lowest BCUT2D eigenvalue weighted by Crippen LogP contribution is -2.58. The third-order valence-electron chi connectivity index (χ3n) is 3.78. The summed E-state index contributed by atoms with van der Waals surface area (Å²) in [5.41, 5.74) is 2.96. The Morgan fingerprint density at radius 1 is 1.50 bits per heavy atom. The first kappa shape index (κ1) is 12.0. The van der Waals surface area contributed by atoms with Crippen LogP contribution in [0, 0.1) is 5.92 Å². The van der Waals surface area contributed by atoms with E-state index in [2.05, 4.69) is 19.3 Å². The number of hydrazine groups is 1. The Balaban J connectivity index is 2.51. The molecule has 0 aliphatic heterocycles. The topological polar surface area (TPSA) is 47.3 Å². The van der Waals surface area contributed by atoms with Crippen LogP contribution in [0.3, 0.4) is 0 Å². The molecule has 84 valence electrons. The summed E-state index contributed by atoms with van der Waals surface area (Å²) in [5.74, 6) is 6.33. The van der Waals surface area contributed by atoms with Gasteiger partial charge < -0.3 is 4.74 Å². The van der Waals surface area contributed by atoms with Crippen LogP contribution >= 0.6 is 0 Å². The maximum Gasteiger partial charge on any atom is 0.0844 e. The monoisotopic (exact) mass is 200 g/mol. The molecule has 1 rings (SSSR count). The lowest BCUT2D eigenvalue weighted by molar-refractivity contribution is -0.103. The van der Waals surface area contributed by atoms with E-state index in [0.29, 0.717) is 12.0 Å². The fourth-order valence-electron chi connectivity index (χ4n) is 2.22. The van der Waals surface area contributed by atoms with Gasteiger partial charge in [-0.15, -0.1) is 0 Å². The Kier molecular flexibility index (Phi) is 4.35. The first-order valence-corrected chi connectivity index (χ1v) is 5.69. The summed E-state index contributed by atoms with van der Waals surface area (Å²) in [6.07, 6.45) is 5.88. The second kappa shape index (κ2) is 5.10. The van der Waals surface area contributed by atoms with Crippen molar-refractivity contribution in [1.29, 1.82) is 0 Å². The van der Waals surface area contributed by atoms with Crippen LogP contribution in [-0.4, -0.2) is 18.8 Å². The van der Waals surface area contributed by atoms with Gasteiger partial charge in [0, 0.05) is 7.11 Å². The van der Waals surface area contributed by atoms with E-state index in [1.807, 2.05) is 0 Å². The zero-order valence-corrected chi connectivity index (χ0v) is 9.68. The molecule has 0 aromatic rings. The van der Waals surface area contributed by atoms with E-state index in [0.717, 1.165) is 19.3 Å². The number of hydrogen-bond donors (Lipinski definition) is 2. The molecule has 0 bridgehead atoms. The summed E-state index contributed by atoms with van der Waals surface area (Å²) >= 11 is 0. The summed E-state index contributed by atoms with van der Waals surface area (Å²) in [5, 5.41) is 0. The molecule has 1 saturated carbocycles. The highest BCUT2D eigenvalue weighted by molar-refractivity contribution is 4.99. The van der Waals surface area contributed by atoms with E-state index < -0.39 is 0 Å². The molecule has 0 spiro atoms. The van der Waals surface area contributed by atoms with Gasteiger partial charge in [0.05, 0.1) is 11.6 Å². The van der Waals surface area contributed by atoms with Crippen molar-refractivity contribution >= 4 is 0 Å². The van der Waals surface area contributed by atoms with Crippen molar-refractivity contribution in [2.75, 3.05) is 7.11 Å².